The fourth-order valence-electron chi connectivity index (χ4n) is 1.70. The van der Waals surface area contributed by atoms with Gasteiger partial charge >= 0.3 is 0 Å². The minimum absolute atomic E-state index is 0.393. The van der Waals surface area contributed by atoms with Crippen molar-refractivity contribution in [3.63, 3.8) is 0 Å². The molecule has 0 saturated carbocycles. The maximum Gasteiger partial charge on any atom is 0.249 e. The molecule has 4 nitrogen and oxygen atoms in total. The van der Waals surface area contributed by atoms with E-state index < -0.39 is 15.6 Å². The predicted octanol–water partition coefficient (Wildman–Crippen LogP) is 0.103. The van der Waals surface area contributed by atoms with Gasteiger partial charge in [0.2, 0.25) is 10.9 Å². The lowest BCUT2D eigenvalue weighted by atomic mass is 9.94. The Morgan fingerprint density at radius 2 is 1.88 bits per heavy atom. The molecule has 1 aromatic rings. The molecule has 0 radical (unpaired) electrons. The molecule has 0 aliphatic rings. The van der Waals surface area contributed by atoms with E-state index in [4.69, 9.17) is 0 Å². The summed E-state index contributed by atoms with van der Waals surface area (Å²) in [5.41, 5.74) is 0.252. The highest BCUT2D eigenvalue weighted by atomic mass is 32.1. The summed E-state index contributed by atoms with van der Waals surface area (Å²) in [5.74, 6) is 0. The Bertz CT molecular complexity index is 441. The Morgan fingerprint density at radius 1 is 1.31 bits per heavy atom. The van der Waals surface area contributed by atoms with Crippen LogP contribution in [0, 0.1) is 0 Å². The zero-order chi connectivity index (χ0) is 12.5. The molecule has 0 bridgehead atoms. The number of rotatable bonds is 5. The van der Waals surface area contributed by atoms with Crippen LogP contribution in [-0.4, -0.2) is 27.2 Å². The van der Waals surface area contributed by atoms with Crippen LogP contribution >= 0.6 is 12.6 Å². The minimum atomic E-state index is -0.561. The number of anilines is 1. The van der Waals surface area contributed by atoms with Crippen LogP contribution in [0.5, 0.6) is 0 Å². The molecule has 0 amide bonds. The Hall–Kier alpha value is -0.810. The van der Waals surface area contributed by atoms with Gasteiger partial charge in [-0.05, 0) is 20.9 Å². The van der Waals surface area contributed by atoms with Crippen molar-refractivity contribution in [2.45, 2.75) is 18.6 Å². The quantitative estimate of drug-likeness (QED) is 0.568. The topological polar surface area (TPSA) is 49.4 Å². The van der Waals surface area contributed by atoms with E-state index in [1.165, 1.54) is 0 Å². The maximum absolute atomic E-state index is 11.5. The average molecular weight is 242 g/mol. The van der Waals surface area contributed by atoms with E-state index in [1.54, 1.807) is 0 Å². The summed E-state index contributed by atoms with van der Waals surface area (Å²) in [7, 11) is 3.66. The van der Waals surface area contributed by atoms with Crippen molar-refractivity contribution in [2.75, 3.05) is 32.1 Å². The number of nitrogens with one attached hydrogen (secondary N) is 1. The largest absolute Gasteiger partial charge is 0.370 e. The number of hydrogen-bond acceptors (Lipinski definition) is 5. The molecular weight excluding hydrogens is 224 g/mol. The van der Waals surface area contributed by atoms with E-state index in [9.17, 15) is 9.59 Å². The lowest BCUT2D eigenvalue weighted by Gasteiger charge is -2.28. The van der Waals surface area contributed by atoms with E-state index >= 15 is 0 Å². The first-order chi connectivity index (χ1) is 7.30. The fraction of sp³-hybridized carbons (Fsp3) is 0.636. The normalized spacial score (nSPS) is 12.1. The van der Waals surface area contributed by atoms with Gasteiger partial charge in [0.25, 0.3) is 0 Å². The van der Waals surface area contributed by atoms with Gasteiger partial charge in [0.15, 0.2) is 0 Å². The second-order valence-corrected chi connectivity index (χ2v) is 5.58. The summed E-state index contributed by atoms with van der Waals surface area (Å²) in [6.07, 6.45) is 0. The molecule has 0 aliphatic carbocycles. The predicted molar refractivity (Wildman–Crippen MR) is 70.6 cm³/mol. The van der Waals surface area contributed by atoms with Crippen molar-refractivity contribution in [1.82, 2.24) is 5.32 Å². The zero-order valence-corrected chi connectivity index (χ0v) is 11.0. The number of hydrogen-bond donors (Lipinski definition) is 2. The van der Waals surface area contributed by atoms with Crippen molar-refractivity contribution in [3.8, 4) is 0 Å². The highest BCUT2D eigenvalue weighted by Crippen LogP contribution is 2.31. The third-order valence-electron chi connectivity index (χ3n) is 2.58. The van der Waals surface area contributed by atoms with Gasteiger partial charge in [0.1, 0.15) is 0 Å². The lowest BCUT2D eigenvalue weighted by molar-refractivity contribution is 0.730. The van der Waals surface area contributed by atoms with Crippen LogP contribution in [0.2, 0.25) is 0 Å². The molecule has 1 rings (SSSR count). The van der Waals surface area contributed by atoms with Crippen molar-refractivity contribution in [2.24, 2.45) is 0 Å². The lowest BCUT2D eigenvalue weighted by Crippen LogP contribution is -2.47. The van der Waals surface area contributed by atoms with Crippen LogP contribution in [0.15, 0.2) is 9.59 Å². The van der Waals surface area contributed by atoms with Crippen molar-refractivity contribution in [1.29, 1.82) is 0 Å². The van der Waals surface area contributed by atoms with E-state index in [0.29, 0.717) is 17.8 Å². The molecule has 0 unspecified atom stereocenters. The van der Waals surface area contributed by atoms with Gasteiger partial charge in [-0.3, -0.25) is 9.59 Å². The van der Waals surface area contributed by atoms with Crippen molar-refractivity contribution < 1.29 is 0 Å². The van der Waals surface area contributed by atoms with E-state index in [0.717, 1.165) is 6.54 Å². The molecule has 0 spiro atoms. The van der Waals surface area contributed by atoms with Gasteiger partial charge in [0, 0.05) is 30.4 Å². The second-order valence-electron chi connectivity index (χ2n) is 4.47. The first kappa shape index (κ1) is 13.3. The molecule has 1 aromatic carbocycles. The molecule has 90 valence electrons. The van der Waals surface area contributed by atoms with Crippen LogP contribution in [0.3, 0.4) is 0 Å². The molecule has 1 N–H and O–H groups in total. The Kier molecular flexibility index (Phi) is 3.80. The first-order valence-electron chi connectivity index (χ1n) is 5.22. The standard InChI is InChI=1S/C11H18N2O2S/c1-11(2,16)7-8(10(15)9(7)14)13(4)6-5-12-3/h12,16H,5-6H2,1-4H3. The average Bonchev–Trinajstić information content (AvgIpc) is 2.18. The molecule has 0 aromatic heterocycles. The summed E-state index contributed by atoms with van der Waals surface area (Å²) >= 11 is 4.35. The van der Waals surface area contributed by atoms with Crippen LogP contribution in [0.1, 0.15) is 19.4 Å². The molecule has 0 fully saturated rings. The molecule has 5 heteroatoms. The van der Waals surface area contributed by atoms with Crippen LogP contribution < -0.4 is 21.1 Å². The molecule has 0 atom stereocenters. The van der Waals surface area contributed by atoms with Gasteiger partial charge in [-0.1, -0.05) is 0 Å². The van der Waals surface area contributed by atoms with Gasteiger partial charge < -0.3 is 10.2 Å². The molecular formula is C11H18N2O2S. The highest BCUT2D eigenvalue weighted by molar-refractivity contribution is 7.81. The number of thiol groups is 1. The Balaban J connectivity index is 3.02. The van der Waals surface area contributed by atoms with Crippen molar-refractivity contribution in [3.05, 3.63) is 26.0 Å². The van der Waals surface area contributed by atoms with Gasteiger partial charge in [-0.2, -0.15) is 12.6 Å². The second kappa shape index (κ2) is 4.59. The maximum atomic E-state index is 11.5. The van der Waals surface area contributed by atoms with Crippen LogP contribution in [0.4, 0.5) is 5.69 Å². The Morgan fingerprint density at radius 3 is 2.31 bits per heavy atom. The van der Waals surface area contributed by atoms with Crippen molar-refractivity contribution >= 4 is 18.3 Å². The first-order valence-corrected chi connectivity index (χ1v) is 5.67. The van der Waals surface area contributed by atoms with E-state index in [2.05, 4.69) is 17.9 Å². The van der Waals surface area contributed by atoms with Crippen LogP contribution in [-0.2, 0) is 4.75 Å². The highest BCUT2D eigenvalue weighted by Gasteiger charge is 2.32. The fourth-order valence-corrected chi connectivity index (χ4v) is 1.91. The van der Waals surface area contributed by atoms with E-state index in [-0.39, 0.29) is 0 Å². The SMILES string of the molecule is CNCCN(C)c1c(C(C)(C)S)c(=O)c1=O. The molecule has 0 heterocycles. The third kappa shape index (κ3) is 2.30. The molecule has 0 aliphatic heterocycles. The van der Waals surface area contributed by atoms with Gasteiger partial charge in [-0.15, -0.1) is 0 Å². The summed E-state index contributed by atoms with van der Waals surface area (Å²) in [5, 5.41) is 3.00. The van der Waals surface area contributed by atoms with E-state index in [1.807, 2.05) is 32.8 Å². The monoisotopic (exact) mass is 242 g/mol. The summed E-state index contributed by atoms with van der Waals surface area (Å²) in [6, 6.07) is 0. The molecule has 0 saturated heterocycles. The summed E-state index contributed by atoms with van der Waals surface area (Å²) in [6.45, 7) is 5.10. The van der Waals surface area contributed by atoms with Crippen LogP contribution in [0.25, 0.3) is 0 Å². The zero-order valence-electron chi connectivity index (χ0n) is 10.1. The summed E-state index contributed by atoms with van der Waals surface area (Å²) in [4.78, 5) is 24.8. The summed E-state index contributed by atoms with van der Waals surface area (Å²) < 4.78 is -0.561. The number of nitrogens with zero attached hydrogens (tertiary/aromatic N) is 1. The Labute approximate surface area is 101 Å². The van der Waals surface area contributed by atoms with Gasteiger partial charge in [0.05, 0.1) is 5.69 Å². The minimum Gasteiger partial charge on any atom is -0.370 e. The number of likely N-dealkylation sites (N-methyl/N-ethyl adjacent to an activating group) is 2. The third-order valence-corrected chi connectivity index (χ3v) is 2.80. The smallest absolute Gasteiger partial charge is 0.249 e. The molecule has 16 heavy (non-hydrogen) atoms. The van der Waals surface area contributed by atoms with Gasteiger partial charge in [-0.25, -0.2) is 0 Å².